The summed E-state index contributed by atoms with van der Waals surface area (Å²) < 4.78 is 11.1. The number of aryl methyl sites for hydroxylation is 2. The van der Waals surface area contributed by atoms with Crippen LogP contribution in [0.2, 0.25) is 0 Å². The third kappa shape index (κ3) is 6.98. The Balaban J connectivity index is 1.27. The number of rotatable bonds is 13. The molecule has 0 amide bonds. The molecule has 1 aliphatic carbocycles. The number of nitrogens with zero attached hydrogens (tertiary/aromatic N) is 2. The smallest absolute Gasteiger partial charge is 0.237 e. The van der Waals surface area contributed by atoms with Crippen molar-refractivity contribution in [2.75, 3.05) is 6.61 Å². The highest BCUT2D eigenvalue weighted by Gasteiger charge is 2.29. The van der Waals surface area contributed by atoms with Crippen molar-refractivity contribution < 1.29 is 4.74 Å². The maximum Gasteiger partial charge on any atom is 0.237 e. The van der Waals surface area contributed by atoms with E-state index in [-0.39, 0.29) is 0 Å². The summed E-state index contributed by atoms with van der Waals surface area (Å²) in [6.45, 7) is 9.59. The highest BCUT2D eigenvalue weighted by molar-refractivity contribution is 7.79. The zero-order valence-corrected chi connectivity index (χ0v) is 32.4. The van der Waals surface area contributed by atoms with Gasteiger partial charge in [-0.1, -0.05) is 113 Å². The van der Waals surface area contributed by atoms with E-state index >= 15 is 0 Å². The molecule has 0 atom stereocenters. The van der Waals surface area contributed by atoms with Crippen LogP contribution in [0.3, 0.4) is 0 Å². The van der Waals surface area contributed by atoms with E-state index in [1.54, 1.807) is 0 Å². The quantitative estimate of drug-likeness (QED) is 0.0503. The molecule has 0 radical (unpaired) electrons. The second-order valence-corrected chi connectivity index (χ2v) is 15.5. The van der Waals surface area contributed by atoms with Crippen LogP contribution in [0.15, 0.2) is 125 Å². The van der Waals surface area contributed by atoms with Crippen molar-refractivity contribution in [3.05, 3.63) is 131 Å². The van der Waals surface area contributed by atoms with Crippen LogP contribution in [-0.2, 0) is 24.4 Å². The number of ether oxygens (including phenoxy) is 1. The normalized spacial score (nSPS) is 15.9. The molecule has 7 aromatic rings. The molecule has 0 bridgehead atoms. The van der Waals surface area contributed by atoms with Gasteiger partial charge in [-0.25, -0.2) is 0 Å². The molecule has 4 heteroatoms. The highest BCUT2D eigenvalue weighted by atomic mass is 32.1. The summed E-state index contributed by atoms with van der Waals surface area (Å²) in [6.07, 6.45) is 18.6. The third-order valence-corrected chi connectivity index (χ3v) is 12.1. The van der Waals surface area contributed by atoms with Crippen molar-refractivity contribution in [1.82, 2.24) is 9.13 Å². The molecule has 2 aromatic heterocycles. The minimum atomic E-state index is 0.767. The zero-order chi connectivity index (χ0) is 36.1. The van der Waals surface area contributed by atoms with E-state index in [1.807, 2.05) is 11.4 Å². The number of allylic oxidation sites excluding steroid dienone is 4. The molecule has 53 heavy (non-hydrogen) atoms. The molecular formula is C49H51N2OS+. The second-order valence-electron chi connectivity index (χ2n) is 14.5. The summed E-state index contributed by atoms with van der Waals surface area (Å²) in [5.41, 5.74) is 5.51. The Kier molecular flexibility index (Phi) is 10.6. The predicted molar refractivity (Wildman–Crippen MR) is 231 cm³/mol. The first-order chi connectivity index (χ1) is 26.2. The van der Waals surface area contributed by atoms with E-state index in [9.17, 15) is 0 Å². The summed E-state index contributed by atoms with van der Waals surface area (Å²) >= 11 is 1.90. The highest BCUT2D eigenvalue weighted by Crippen LogP contribution is 2.31. The molecule has 268 valence electrons. The first-order valence-electron chi connectivity index (χ1n) is 19.9. The molecular weight excluding hydrogens is 665 g/mol. The first-order valence-corrected chi connectivity index (χ1v) is 20.7. The van der Waals surface area contributed by atoms with Crippen LogP contribution in [0.4, 0.5) is 0 Å². The maximum atomic E-state index is 6.02. The predicted octanol–water partition coefficient (Wildman–Crippen LogP) is 11.3. The Hall–Kier alpha value is -4.93. The van der Waals surface area contributed by atoms with Crippen LogP contribution in [0, 0.1) is 0 Å². The summed E-state index contributed by atoms with van der Waals surface area (Å²) in [5.74, 6) is 0.949. The molecule has 1 fully saturated rings. The number of aromatic nitrogens is 2. The number of hydrogen-bond donors (Lipinski definition) is 0. The third-order valence-electron chi connectivity index (χ3n) is 10.9. The summed E-state index contributed by atoms with van der Waals surface area (Å²) in [6, 6.07) is 35.8. The average Bonchev–Trinajstić information content (AvgIpc) is 3.83. The van der Waals surface area contributed by atoms with E-state index in [1.165, 1.54) is 87.8 Å². The van der Waals surface area contributed by atoms with Crippen molar-refractivity contribution in [2.24, 2.45) is 0 Å². The van der Waals surface area contributed by atoms with Gasteiger partial charge in [-0.05, 0) is 79.3 Å². The van der Waals surface area contributed by atoms with Crippen LogP contribution in [0.25, 0.3) is 55.5 Å². The lowest BCUT2D eigenvalue weighted by Crippen LogP contribution is -2.16. The SMILES string of the molecule is CCCCOc1ccc([S+]=C2/C(=C/C=c3\c4cccc5cccc(c54)n3CCCC)CC/C2=C\C=c2/c3cccc4cccc(c43)n2CCCC)cc1. The van der Waals surface area contributed by atoms with Gasteiger partial charge in [-0.15, -0.1) is 0 Å². The largest absolute Gasteiger partial charge is 0.494 e. The minimum Gasteiger partial charge on any atom is -0.494 e. The maximum absolute atomic E-state index is 6.02. The Morgan fingerprint density at radius 2 is 1.06 bits per heavy atom. The van der Waals surface area contributed by atoms with Gasteiger partial charge in [0, 0.05) is 79.6 Å². The summed E-state index contributed by atoms with van der Waals surface area (Å²) in [5, 5.41) is 10.7. The van der Waals surface area contributed by atoms with Gasteiger partial charge in [0.25, 0.3) is 0 Å². The lowest BCUT2D eigenvalue weighted by Gasteiger charge is -2.05. The van der Waals surface area contributed by atoms with Gasteiger partial charge >= 0.3 is 0 Å². The molecule has 2 heterocycles. The van der Waals surface area contributed by atoms with Crippen LogP contribution < -0.4 is 15.4 Å². The van der Waals surface area contributed by atoms with Crippen LogP contribution in [0.5, 0.6) is 5.75 Å². The van der Waals surface area contributed by atoms with Crippen molar-refractivity contribution >= 4 is 71.7 Å². The van der Waals surface area contributed by atoms with Crippen molar-refractivity contribution in [2.45, 2.75) is 90.1 Å². The zero-order valence-electron chi connectivity index (χ0n) is 31.5. The Bertz CT molecular complexity index is 2430. The van der Waals surface area contributed by atoms with Gasteiger partial charge < -0.3 is 13.9 Å². The fraction of sp³-hybridized carbons (Fsp3) is 0.286. The van der Waals surface area contributed by atoms with Gasteiger partial charge in [0.05, 0.1) is 6.61 Å². The molecule has 8 rings (SSSR count). The van der Waals surface area contributed by atoms with E-state index in [0.717, 1.165) is 64.0 Å². The molecule has 3 nitrogen and oxygen atoms in total. The Labute approximate surface area is 317 Å². The van der Waals surface area contributed by atoms with Gasteiger partial charge in [-0.2, -0.15) is 0 Å². The summed E-state index contributed by atoms with van der Waals surface area (Å²) in [7, 11) is 0. The number of benzene rings is 5. The molecule has 1 saturated carbocycles. The molecule has 1 aliphatic rings. The second kappa shape index (κ2) is 16.0. The van der Waals surface area contributed by atoms with Gasteiger partial charge in [0.15, 0.2) is 0 Å². The van der Waals surface area contributed by atoms with Crippen molar-refractivity contribution in [3.8, 4) is 5.75 Å². The molecule has 0 saturated heterocycles. The fourth-order valence-corrected chi connectivity index (χ4v) is 9.22. The van der Waals surface area contributed by atoms with Crippen LogP contribution in [0.1, 0.15) is 72.1 Å². The average molecular weight is 716 g/mol. The lowest BCUT2D eigenvalue weighted by atomic mass is 10.1. The molecule has 5 aromatic carbocycles. The van der Waals surface area contributed by atoms with E-state index in [4.69, 9.17) is 4.74 Å². The van der Waals surface area contributed by atoms with Gasteiger partial charge in [0.1, 0.15) is 5.75 Å². The number of hydrogen-bond acceptors (Lipinski definition) is 1. The van der Waals surface area contributed by atoms with Crippen LogP contribution in [-0.4, -0.2) is 20.6 Å². The first kappa shape index (κ1) is 35.1. The van der Waals surface area contributed by atoms with Gasteiger partial charge in [-0.3, -0.25) is 0 Å². The molecule has 0 spiro atoms. The van der Waals surface area contributed by atoms with Crippen molar-refractivity contribution in [3.63, 3.8) is 0 Å². The fourth-order valence-electron chi connectivity index (χ4n) is 8.11. The Morgan fingerprint density at radius 1 is 0.566 bits per heavy atom. The van der Waals surface area contributed by atoms with Crippen molar-refractivity contribution in [1.29, 1.82) is 0 Å². The van der Waals surface area contributed by atoms with Crippen LogP contribution >= 0.6 is 0 Å². The van der Waals surface area contributed by atoms with E-state index in [0.29, 0.717) is 0 Å². The lowest BCUT2D eigenvalue weighted by molar-refractivity contribution is 0.309. The minimum absolute atomic E-state index is 0.767. The molecule has 0 N–H and O–H groups in total. The van der Waals surface area contributed by atoms with Gasteiger partial charge in [0.2, 0.25) is 21.1 Å². The topological polar surface area (TPSA) is 19.1 Å². The molecule has 0 aliphatic heterocycles. The number of unbranched alkanes of at least 4 members (excludes halogenated alkanes) is 3. The van der Waals surface area contributed by atoms with E-state index < -0.39 is 0 Å². The standard InChI is InChI=1S/C49H51N2OS/c1-4-7-32-50-43(41-18-10-14-35-16-12-20-45(50)47(35)41)30-24-37-22-23-38(49(37)53-40-28-26-39(27-29-40)52-34-9-6-3)25-31-44-42-19-11-15-36-17-13-21-46(48(36)42)51(44)33-8-5-2/h10-21,24-31H,4-9,22-23,32-34H2,1-3H3/q+1/b37-24+,38-25+,43-30+,44-31+. The van der Waals surface area contributed by atoms with E-state index in [2.05, 4.69) is 151 Å². The molecule has 0 unspecified atom stereocenters. The Morgan fingerprint density at radius 3 is 1.55 bits per heavy atom. The summed E-state index contributed by atoms with van der Waals surface area (Å²) in [4.78, 5) is 2.62. The monoisotopic (exact) mass is 715 g/mol.